The van der Waals surface area contributed by atoms with Crippen LogP contribution in [0, 0.1) is 0 Å². The second-order valence-electron chi connectivity index (χ2n) is 6.29. The van der Waals surface area contributed by atoms with Crippen LogP contribution in [0.3, 0.4) is 0 Å². The lowest BCUT2D eigenvalue weighted by atomic mass is 10.0. The second-order valence-corrected chi connectivity index (χ2v) is 6.29. The van der Waals surface area contributed by atoms with Crippen molar-refractivity contribution in [2.45, 2.75) is 38.7 Å². The first-order valence-electron chi connectivity index (χ1n) is 8.19. The van der Waals surface area contributed by atoms with Crippen LogP contribution in [0.15, 0.2) is 30.3 Å². The minimum absolute atomic E-state index is 0.141. The lowest BCUT2D eigenvalue weighted by Gasteiger charge is -2.09. The Hall–Kier alpha value is -2.14. The molecule has 1 atom stereocenters. The summed E-state index contributed by atoms with van der Waals surface area (Å²) in [7, 11) is 0. The van der Waals surface area contributed by atoms with Gasteiger partial charge in [0, 0.05) is 18.7 Å². The average Bonchev–Trinajstić information content (AvgIpc) is 3.24. The van der Waals surface area contributed by atoms with Gasteiger partial charge in [0.2, 0.25) is 0 Å². The monoisotopic (exact) mass is 313 g/mol. The fourth-order valence-electron chi connectivity index (χ4n) is 2.73. The minimum Gasteiger partial charge on any atom is -0.376 e. The number of nitrogens with zero attached hydrogens (tertiary/aromatic N) is 1. The van der Waals surface area contributed by atoms with Gasteiger partial charge in [0.25, 0.3) is 5.91 Å². The molecule has 0 spiro atoms. The largest absolute Gasteiger partial charge is 0.376 e. The van der Waals surface area contributed by atoms with Crippen molar-refractivity contribution in [3.63, 3.8) is 0 Å². The van der Waals surface area contributed by atoms with Crippen LogP contribution >= 0.6 is 0 Å². The highest BCUT2D eigenvalue weighted by atomic mass is 16.5. The predicted octanol–water partition coefficient (Wildman–Crippen LogP) is 3.11. The summed E-state index contributed by atoms with van der Waals surface area (Å²) in [5.74, 6) is 0.362. The molecule has 2 N–H and O–H groups in total. The standard InChI is InChI=1S/C18H23N3O2/c1-12(2)13-5-7-14(8-6-13)16-10-17(21-20-16)18(22)19-11-15-4-3-9-23-15/h5-8,10,12,15H,3-4,9,11H2,1-2H3,(H,19,22)(H,20,21). The van der Waals surface area contributed by atoms with Gasteiger partial charge in [0.15, 0.2) is 0 Å². The predicted molar refractivity (Wildman–Crippen MR) is 89.4 cm³/mol. The Labute approximate surface area is 136 Å². The highest BCUT2D eigenvalue weighted by Crippen LogP contribution is 2.21. The van der Waals surface area contributed by atoms with Crippen LogP contribution in [0.4, 0.5) is 0 Å². The summed E-state index contributed by atoms with van der Waals surface area (Å²) < 4.78 is 5.50. The van der Waals surface area contributed by atoms with Crippen molar-refractivity contribution in [2.75, 3.05) is 13.2 Å². The fourth-order valence-corrected chi connectivity index (χ4v) is 2.73. The van der Waals surface area contributed by atoms with Crippen LogP contribution in [-0.2, 0) is 4.74 Å². The van der Waals surface area contributed by atoms with Crippen molar-refractivity contribution in [2.24, 2.45) is 0 Å². The molecule has 5 nitrogen and oxygen atoms in total. The van der Waals surface area contributed by atoms with E-state index in [-0.39, 0.29) is 12.0 Å². The van der Waals surface area contributed by atoms with Gasteiger partial charge >= 0.3 is 0 Å². The van der Waals surface area contributed by atoms with Crippen LogP contribution in [0.25, 0.3) is 11.3 Å². The fraction of sp³-hybridized carbons (Fsp3) is 0.444. The first kappa shape index (κ1) is 15.7. The molecule has 1 aliphatic heterocycles. The number of rotatable bonds is 5. The molecule has 0 radical (unpaired) electrons. The smallest absolute Gasteiger partial charge is 0.269 e. The molecular formula is C18H23N3O2. The third-order valence-electron chi connectivity index (χ3n) is 4.21. The Morgan fingerprint density at radius 1 is 1.39 bits per heavy atom. The molecule has 1 aromatic heterocycles. The molecule has 0 bridgehead atoms. The number of benzene rings is 1. The normalized spacial score (nSPS) is 17.6. The molecule has 122 valence electrons. The molecule has 2 heterocycles. The van der Waals surface area contributed by atoms with E-state index in [4.69, 9.17) is 4.74 Å². The second kappa shape index (κ2) is 6.96. The molecule has 1 aliphatic rings. The molecule has 2 aromatic rings. The summed E-state index contributed by atoms with van der Waals surface area (Å²) >= 11 is 0. The zero-order valence-electron chi connectivity index (χ0n) is 13.6. The topological polar surface area (TPSA) is 67.0 Å². The van der Waals surface area contributed by atoms with E-state index in [2.05, 4.69) is 41.5 Å². The van der Waals surface area contributed by atoms with Crippen LogP contribution < -0.4 is 5.32 Å². The molecule has 3 rings (SSSR count). The first-order valence-corrected chi connectivity index (χ1v) is 8.19. The van der Waals surface area contributed by atoms with Gasteiger partial charge < -0.3 is 10.1 Å². The number of nitrogens with one attached hydrogen (secondary N) is 2. The van der Waals surface area contributed by atoms with Gasteiger partial charge in [-0.05, 0) is 30.4 Å². The van der Waals surface area contributed by atoms with E-state index in [0.29, 0.717) is 18.2 Å². The number of hydrogen-bond donors (Lipinski definition) is 2. The maximum atomic E-state index is 12.2. The summed E-state index contributed by atoms with van der Waals surface area (Å²) in [6.07, 6.45) is 2.22. The van der Waals surface area contributed by atoms with Gasteiger partial charge in [0.1, 0.15) is 5.69 Å². The van der Waals surface area contributed by atoms with Crippen molar-refractivity contribution in [3.05, 3.63) is 41.6 Å². The van der Waals surface area contributed by atoms with Crippen molar-refractivity contribution in [1.29, 1.82) is 0 Å². The average molecular weight is 313 g/mol. The lowest BCUT2D eigenvalue weighted by molar-refractivity contribution is 0.0853. The number of ether oxygens (including phenoxy) is 1. The summed E-state index contributed by atoms with van der Waals surface area (Å²) in [5.41, 5.74) is 3.55. The van der Waals surface area contributed by atoms with E-state index in [0.717, 1.165) is 30.7 Å². The van der Waals surface area contributed by atoms with E-state index < -0.39 is 0 Å². The van der Waals surface area contributed by atoms with E-state index in [9.17, 15) is 4.79 Å². The summed E-state index contributed by atoms with van der Waals surface area (Å²) in [4.78, 5) is 12.2. The van der Waals surface area contributed by atoms with Crippen molar-refractivity contribution in [1.82, 2.24) is 15.5 Å². The molecule has 0 aliphatic carbocycles. The number of H-pyrrole nitrogens is 1. The Morgan fingerprint density at radius 2 is 2.17 bits per heavy atom. The lowest BCUT2D eigenvalue weighted by Crippen LogP contribution is -2.31. The van der Waals surface area contributed by atoms with E-state index in [1.54, 1.807) is 6.07 Å². The van der Waals surface area contributed by atoms with Gasteiger partial charge in [-0.15, -0.1) is 0 Å². The summed E-state index contributed by atoms with van der Waals surface area (Å²) in [6.45, 7) is 5.68. The van der Waals surface area contributed by atoms with Gasteiger partial charge in [-0.25, -0.2) is 0 Å². The highest BCUT2D eigenvalue weighted by molar-refractivity contribution is 5.93. The number of carbonyl (C=O) groups excluding carboxylic acids is 1. The molecule has 1 aromatic carbocycles. The number of aromatic nitrogens is 2. The summed E-state index contributed by atoms with van der Waals surface area (Å²) in [6, 6.07) is 10.1. The van der Waals surface area contributed by atoms with Crippen LogP contribution in [0.1, 0.15) is 48.7 Å². The zero-order valence-corrected chi connectivity index (χ0v) is 13.6. The maximum absolute atomic E-state index is 12.2. The van der Waals surface area contributed by atoms with E-state index in [1.807, 2.05) is 12.1 Å². The van der Waals surface area contributed by atoms with Gasteiger partial charge in [0.05, 0.1) is 11.8 Å². The number of amides is 1. The van der Waals surface area contributed by atoms with Crippen molar-refractivity contribution in [3.8, 4) is 11.3 Å². The molecule has 23 heavy (non-hydrogen) atoms. The quantitative estimate of drug-likeness (QED) is 0.891. The van der Waals surface area contributed by atoms with Crippen molar-refractivity contribution >= 4 is 5.91 Å². The zero-order chi connectivity index (χ0) is 16.2. The first-order chi connectivity index (χ1) is 11.1. The molecule has 1 fully saturated rings. The van der Waals surface area contributed by atoms with E-state index in [1.165, 1.54) is 5.56 Å². The number of aromatic amines is 1. The Bertz CT molecular complexity index is 655. The van der Waals surface area contributed by atoms with Gasteiger partial charge in [-0.3, -0.25) is 9.89 Å². The Balaban J connectivity index is 1.63. The third kappa shape index (κ3) is 3.79. The highest BCUT2D eigenvalue weighted by Gasteiger charge is 2.17. The van der Waals surface area contributed by atoms with Crippen LogP contribution in [-0.4, -0.2) is 35.4 Å². The molecular weight excluding hydrogens is 290 g/mol. The minimum atomic E-state index is -0.141. The number of hydrogen-bond acceptors (Lipinski definition) is 3. The third-order valence-corrected chi connectivity index (χ3v) is 4.21. The van der Waals surface area contributed by atoms with Crippen LogP contribution in [0.2, 0.25) is 0 Å². The molecule has 1 saturated heterocycles. The maximum Gasteiger partial charge on any atom is 0.269 e. The molecule has 0 saturated carbocycles. The SMILES string of the molecule is CC(C)c1ccc(-c2cc(C(=O)NCC3CCCO3)[nH]n2)cc1. The van der Waals surface area contributed by atoms with Gasteiger partial charge in [-0.2, -0.15) is 5.10 Å². The molecule has 5 heteroatoms. The van der Waals surface area contributed by atoms with Crippen molar-refractivity contribution < 1.29 is 9.53 Å². The summed E-state index contributed by atoms with van der Waals surface area (Å²) in [5, 5.41) is 9.95. The van der Waals surface area contributed by atoms with Crippen LogP contribution in [0.5, 0.6) is 0 Å². The van der Waals surface area contributed by atoms with Gasteiger partial charge in [-0.1, -0.05) is 38.1 Å². The number of carbonyl (C=O) groups is 1. The van der Waals surface area contributed by atoms with E-state index >= 15 is 0 Å². The molecule has 1 unspecified atom stereocenters. The Morgan fingerprint density at radius 3 is 2.83 bits per heavy atom. The Kier molecular flexibility index (Phi) is 4.76. The molecule has 1 amide bonds.